The topological polar surface area (TPSA) is 56.9 Å². The van der Waals surface area contributed by atoms with Gasteiger partial charge in [-0.05, 0) is 43.0 Å². The van der Waals surface area contributed by atoms with Gasteiger partial charge in [0.25, 0.3) is 0 Å². The number of nitrogens with zero attached hydrogens (tertiary/aromatic N) is 3. The van der Waals surface area contributed by atoms with Crippen LogP contribution >= 0.6 is 24.0 Å². The summed E-state index contributed by atoms with van der Waals surface area (Å²) in [7, 11) is 0. The SMILES string of the molecule is CCN1CCN(c2ccc(CN=C(N)NCC3CCC3)cc2F)CC1.I. The normalized spacial score (nSPS) is 19.0. The highest BCUT2D eigenvalue weighted by atomic mass is 127. The molecule has 1 saturated carbocycles. The zero-order valence-corrected chi connectivity index (χ0v) is 17.9. The Bertz CT molecular complexity index is 598. The van der Waals surface area contributed by atoms with Crippen LogP contribution in [0.2, 0.25) is 0 Å². The molecule has 0 aromatic heterocycles. The Kier molecular flexibility index (Phi) is 8.40. The van der Waals surface area contributed by atoms with Crippen molar-refractivity contribution in [2.45, 2.75) is 32.7 Å². The van der Waals surface area contributed by atoms with Gasteiger partial charge in [0.2, 0.25) is 0 Å². The van der Waals surface area contributed by atoms with Crippen molar-refractivity contribution in [3.05, 3.63) is 29.6 Å². The quantitative estimate of drug-likeness (QED) is 0.378. The molecule has 0 spiro atoms. The molecule has 1 saturated heterocycles. The van der Waals surface area contributed by atoms with Crippen molar-refractivity contribution in [2.24, 2.45) is 16.6 Å². The van der Waals surface area contributed by atoms with E-state index < -0.39 is 0 Å². The van der Waals surface area contributed by atoms with Gasteiger partial charge in [0.15, 0.2) is 5.96 Å². The number of guanidine groups is 1. The highest BCUT2D eigenvalue weighted by molar-refractivity contribution is 14.0. The lowest BCUT2D eigenvalue weighted by Gasteiger charge is -2.35. The van der Waals surface area contributed by atoms with Crippen LogP contribution in [0.3, 0.4) is 0 Å². The third kappa shape index (κ3) is 5.70. The Balaban J connectivity index is 0.00000243. The molecule has 2 fully saturated rings. The number of hydrogen-bond donors (Lipinski definition) is 2. The van der Waals surface area contributed by atoms with Crippen LogP contribution in [0.25, 0.3) is 0 Å². The predicted octanol–water partition coefficient (Wildman–Crippen LogP) is 2.79. The first kappa shape index (κ1) is 21.2. The number of nitrogens with one attached hydrogen (secondary N) is 1. The number of nitrogens with two attached hydrogens (primary N) is 1. The van der Waals surface area contributed by atoms with Gasteiger partial charge in [-0.1, -0.05) is 19.4 Å². The van der Waals surface area contributed by atoms with Gasteiger partial charge in [0.05, 0.1) is 12.2 Å². The number of hydrogen-bond acceptors (Lipinski definition) is 3. The maximum absolute atomic E-state index is 14.5. The molecule has 2 aliphatic rings. The van der Waals surface area contributed by atoms with Crippen LogP contribution in [0.5, 0.6) is 0 Å². The summed E-state index contributed by atoms with van der Waals surface area (Å²) in [6, 6.07) is 5.41. The van der Waals surface area contributed by atoms with E-state index in [2.05, 4.69) is 27.0 Å². The molecular weight excluding hydrogens is 444 g/mol. The molecule has 0 amide bonds. The van der Waals surface area contributed by atoms with E-state index in [4.69, 9.17) is 5.73 Å². The average molecular weight is 475 g/mol. The minimum atomic E-state index is -0.168. The number of likely N-dealkylation sites (N-methyl/N-ethyl adjacent to an activating group) is 1. The molecule has 26 heavy (non-hydrogen) atoms. The molecule has 0 atom stereocenters. The highest BCUT2D eigenvalue weighted by Crippen LogP contribution is 2.25. The van der Waals surface area contributed by atoms with Gasteiger partial charge in [-0.2, -0.15) is 0 Å². The largest absolute Gasteiger partial charge is 0.370 e. The smallest absolute Gasteiger partial charge is 0.188 e. The van der Waals surface area contributed by atoms with Crippen molar-refractivity contribution in [3.63, 3.8) is 0 Å². The van der Waals surface area contributed by atoms with E-state index in [1.54, 1.807) is 6.07 Å². The van der Waals surface area contributed by atoms with E-state index in [-0.39, 0.29) is 29.8 Å². The standard InChI is InChI=1S/C19H30FN5.HI/c1-2-24-8-10-25(11-9-24)18-7-6-16(12-17(18)20)14-23-19(21)22-13-15-4-3-5-15;/h6-7,12,15H,2-5,8-11,13-14H2,1H3,(H3,21,22,23);1H. The summed E-state index contributed by atoms with van der Waals surface area (Å²) in [5.41, 5.74) is 7.43. The van der Waals surface area contributed by atoms with Crippen LogP contribution in [-0.2, 0) is 6.54 Å². The van der Waals surface area contributed by atoms with Crippen molar-refractivity contribution in [3.8, 4) is 0 Å². The van der Waals surface area contributed by atoms with E-state index in [0.29, 0.717) is 18.2 Å². The summed E-state index contributed by atoms with van der Waals surface area (Å²) >= 11 is 0. The van der Waals surface area contributed by atoms with Crippen LogP contribution in [0, 0.1) is 11.7 Å². The van der Waals surface area contributed by atoms with Gasteiger partial charge in [0.1, 0.15) is 5.82 Å². The Morgan fingerprint density at radius 1 is 1.27 bits per heavy atom. The summed E-state index contributed by atoms with van der Waals surface area (Å²) in [6.07, 6.45) is 3.88. The van der Waals surface area contributed by atoms with Gasteiger partial charge in [-0.15, -0.1) is 24.0 Å². The molecule has 5 nitrogen and oxygen atoms in total. The fourth-order valence-corrected chi connectivity index (χ4v) is 3.39. The second-order valence-corrected chi connectivity index (χ2v) is 7.09. The number of aliphatic imine (C=N–C) groups is 1. The van der Waals surface area contributed by atoms with Crippen molar-refractivity contribution < 1.29 is 4.39 Å². The molecule has 0 unspecified atom stereocenters. The lowest BCUT2D eigenvalue weighted by atomic mass is 9.85. The summed E-state index contributed by atoms with van der Waals surface area (Å²) in [5, 5.41) is 3.16. The maximum Gasteiger partial charge on any atom is 0.188 e. The second kappa shape index (κ2) is 10.3. The number of halogens is 2. The number of piperazine rings is 1. The second-order valence-electron chi connectivity index (χ2n) is 7.09. The lowest BCUT2D eigenvalue weighted by Crippen LogP contribution is -2.46. The van der Waals surface area contributed by atoms with Crippen LogP contribution in [-0.4, -0.2) is 50.1 Å². The Morgan fingerprint density at radius 2 is 2.00 bits per heavy atom. The van der Waals surface area contributed by atoms with Crippen molar-refractivity contribution in [2.75, 3.05) is 44.2 Å². The third-order valence-electron chi connectivity index (χ3n) is 5.40. The molecule has 3 N–H and O–H groups in total. The average Bonchev–Trinajstić information content (AvgIpc) is 2.59. The molecule has 1 heterocycles. The van der Waals surface area contributed by atoms with Crippen LogP contribution in [0.15, 0.2) is 23.2 Å². The van der Waals surface area contributed by atoms with E-state index in [1.165, 1.54) is 19.3 Å². The van der Waals surface area contributed by atoms with Crippen molar-refractivity contribution in [1.82, 2.24) is 10.2 Å². The van der Waals surface area contributed by atoms with Crippen molar-refractivity contribution in [1.29, 1.82) is 0 Å². The maximum atomic E-state index is 14.5. The van der Waals surface area contributed by atoms with Gasteiger partial charge in [-0.3, -0.25) is 0 Å². The fraction of sp³-hybridized carbons (Fsp3) is 0.632. The number of anilines is 1. The molecule has 1 aliphatic carbocycles. The highest BCUT2D eigenvalue weighted by Gasteiger charge is 2.19. The Labute approximate surface area is 173 Å². The van der Waals surface area contributed by atoms with E-state index in [0.717, 1.165) is 50.7 Å². The molecule has 0 radical (unpaired) electrons. The van der Waals surface area contributed by atoms with E-state index in [9.17, 15) is 4.39 Å². The Hall–Kier alpha value is -1.09. The molecule has 1 aliphatic heterocycles. The molecule has 3 rings (SSSR count). The summed E-state index contributed by atoms with van der Waals surface area (Å²) in [4.78, 5) is 8.84. The molecule has 0 bridgehead atoms. The zero-order chi connectivity index (χ0) is 17.6. The van der Waals surface area contributed by atoms with Gasteiger partial charge >= 0.3 is 0 Å². The molecule has 1 aromatic rings. The zero-order valence-electron chi connectivity index (χ0n) is 15.6. The molecule has 146 valence electrons. The first-order chi connectivity index (χ1) is 12.2. The first-order valence-corrected chi connectivity index (χ1v) is 9.45. The monoisotopic (exact) mass is 475 g/mol. The third-order valence-corrected chi connectivity index (χ3v) is 5.40. The molecular formula is C19H31FIN5. The fourth-order valence-electron chi connectivity index (χ4n) is 3.39. The number of benzene rings is 1. The van der Waals surface area contributed by atoms with Gasteiger partial charge in [-0.25, -0.2) is 9.38 Å². The summed E-state index contributed by atoms with van der Waals surface area (Å²) < 4.78 is 14.5. The van der Waals surface area contributed by atoms with E-state index in [1.807, 2.05) is 12.1 Å². The minimum Gasteiger partial charge on any atom is -0.370 e. The van der Waals surface area contributed by atoms with Gasteiger partial charge in [0, 0.05) is 32.7 Å². The molecule has 7 heteroatoms. The van der Waals surface area contributed by atoms with Gasteiger partial charge < -0.3 is 20.9 Å². The molecule has 1 aromatic carbocycles. The van der Waals surface area contributed by atoms with Crippen LogP contribution < -0.4 is 16.0 Å². The van der Waals surface area contributed by atoms with Crippen molar-refractivity contribution >= 4 is 35.6 Å². The van der Waals surface area contributed by atoms with E-state index >= 15 is 0 Å². The van der Waals surface area contributed by atoms with Crippen LogP contribution in [0.4, 0.5) is 10.1 Å². The lowest BCUT2D eigenvalue weighted by molar-refractivity contribution is 0.270. The number of rotatable bonds is 6. The predicted molar refractivity (Wildman–Crippen MR) is 117 cm³/mol. The minimum absolute atomic E-state index is 0. The first-order valence-electron chi connectivity index (χ1n) is 9.45. The Morgan fingerprint density at radius 3 is 2.58 bits per heavy atom. The van der Waals surface area contributed by atoms with Crippen LogP contribution in [0.1, 0.15) is 31.7 Å². The summed E-state index contributed by atoms with van der Waals surface area (Å²) in [6.45, 7) is 8.26. The summed E-state index contributed by atoms with van der Waals surface area (Å²) in [5.74, 6) is 1.02.